The lowest BCUT2D eigenvalue weighted by atomic mass is 10.1. The Bertz CT molecular complexity index is 545. The van der Waals surface area contributed by atoms with E-state index in [1.165, 1.54) is 12.1 Å². The van der Waals surface area contributed by atoms with Crippen molar-refractivity contribution in [3.8, 4) is 0 Å². The van der Waals surface area contributed by atoms with Crippen LogP contribution in [0.4, 0.5) is 11.4 Å². The van der Waals surface area contributed by atoms with Crippen LogP contribution in [0.3, 0.4) is 0 Å². The van der Waals surface area contributed by atoms with Gasteiger partial charge < -0.3 is 15.4 Å². The number of rotatable bonds is 7. The number of esters is 1. The van der Waals surface area contributed by atoms with E-state index in [0.717, 1.165) is 12.5 Å². The van der Waals surface area contributed by atoms with Crippen LogP contribution < -0.4 is 10.6 Å². The number of carbonyl (C=O) groups excluding carboxylic acids is 2. The highest BCUT2D eigenvalue weighted by Crippen LogP contribution is 2.25. The second-order valence-corrected chi connectivity index (χ2v) is 4.17. The second kappa shape index (κ2) is 7.83. The summed E-state index contributed by atoms with van der Waals surface area (Å²) in [5.41, 5.74) is 0.0728. The van der Waals surface area contributed by atoms with Gasteiger partial charge in [0.25, 0.3) is 11.6 Å². The summed E-state index contributed by atoms with van der Waals surface area (Å²) in [5, 5.41) is 16.1. The predicted molar refractivity (Wildman–Crippen MR) is 76.2 cm³/mol. The fourth-order valence-corrected chi connectivity index (χ4v) is 1.55. The number of amides is 1. The number of carbonyl (C=O) groups is 2. The van der Waals surface area contributed by atoms with Gasteiger partial charge in [0.05, 0.1) is 10.5 Å². The summed E-state index contributed by atoms with van der Waals surface area (Å²) < 4.78 is 4.80. The number of ether oxygens (including phenoxy) is 1. The summed E-state index contributed by atoms with van der Waals surface area (Å²) in [7, 11) is 1.54. The van der Waals surface area contributed by atoms with Gasteiger partial charge in [-0.3, -0.25) is 14.9 Å². The van der Waals surface area contributed by atoms with Gasteiger partial charge in [-0.1, -0.05) is 6.92 Å². The van der Waals surface area contributed by atoms with Crippen molar-refractivity contribution >= 4 is 23.3 Å². The number of hydrogen-bond acceptors (Lipinski definition) is 6. The number of nitro benzene ring substituents is 1. The van der Waals surface area contributed by atoms with Gasteiger partial charge in [0, 0.05) is 19.7 Å². The number of nitrogens with zero attached hydrogens (tertiary/aromatic N) is 1. The third kappa shape index (κ3) is 4.75. The van der Waals surface area contributed by atoms with E-state index in [1.807, 2.05) is 6.92 Å². The first-order valence-electron chi connectivity index (χ1n) is 6.39. The molecule has 1 aromatic carbocycles. The molecule has 0 atom stereocenters. The van der Waals surface area contributed by atoms with Crippen LogP contribution in [0.5, 0.6) is 0 Å². The lowest BCUT2D eigenvalue weighted by molar-refractivity contribution is -0.384. The van der Waals surface area contributed by atoms with Gasteiger partial charge in [-0.05, 0) is 18.6 Å². The molecule has 0 aromatic heterocycles. The molecular formula is C13H17N3O5. The first kappa shape index (κ1) is 16.4. The maximum atomic E-state index is 11.8. The van der Waals surface area contributed by atoms with Crippen molar-refractivity contribution in [2.24, 2.45) is 0 Å². The van der Waals surface area contributed by atoms with Crippen molar-refractivity contribution in [3.63, 3.8) is 0 Å². The van der Waals surface area contributed by atoms with Crippen molar-refractivity contribution in [2.45, 2.75) is 13.3 Å². The minimum Gasteiger partial charge on any atom is -0.452 e. The van der Waals surface area contributed by atoms with Crippen molar-refractivity contribution in [1.82, 2.24) is 5.32 Å². The van der Waals surface area contributed by atoms with Gasteiger partial charge in [0.15, 0.2) is 6.61 Å². The van der Waals surface area contributed by atoms with Crippen LogP contribution in [0.1, 0.15) is 23.7 Å². The molecule has 0 radical (unpaired) electrons. The lowest BCUT2D eigenvalue weighted by Gasteiger charge is -2.07. The standard InChI is InChI=1S/C13H17N3O5/c1-3-6-15-12(17)8-21-13(18)9-4-5-10(14-2)11(7-9)16(19)20/h4-5,7,14H,3,6,8H2,1-2H3,(H,15,17). The molecule has 2 N–H and O–H groups in total. The van der Waals surface area contributed by atoms with Crippen molar-refractivity contribution in [2.75, 3.05) is 25.5 Å². The maximum absolute atomic E-state index is 11.8. The average molecular weight is 295 g/mol. The van der Waals surface area contributed by atoms with E-state index in [2.05, 4.69) is 10.6 Å². The predicted octanol–water partition coefficient (Wildman–Crippen LogP) is 1.32. The second-order valence-electron chi connectivity index (χ2n) is 4.17. The molecule has 0 saturated carbocycles. The van der Waals surface area contributed by atoms with Gasteiger partial charge in [-0.15, -0.1) is 0 Å². The molecule has 0 heterocycles. The Morgan fingerprint density at radius 2 is 2.10 bits per heavy atom. The quantitative estimate of drug-likeness (QED) is 0.446. The van der Waals surface area contributed by atoms with Gasteiger partial charge in [-0.25, -0.2) is 4.79 Å². The molecule has 1 amide bonds. The third-order valence-corrected chi connectivity index (χ3v) is 2.61. The Labute approximate surface area is 121 Å². The highest BCUT2D eigenvalue weighted by molar-refractivity contribution is 5.93. The van der Waals surface area contributed by atoms with Gasteiger partial charge in [0.1, 0.15) is 5.69 Å². The smallest absolute Gasteiger partial charge is 0.338 e. The lowest BCUT2D eigenvalue weighted by Crippen LogP contribution is -2.29. The SMILES string of the molecule is CCCNC(=O)COC(=O)c1ccc(NC)c([N+](=O)[O-])c1. The Morgan fingerprint density at radius 3 is 2.67 bits per heavy atom. The summed E-state index contributed by atoms with van der Waals surface area (Å²) in [6.07, 6.45) is 0.775. The zero-order chi connectivity index (χ0) is 15.8. The molecule has 8 heteroatoms. The molecule has 114 valence electrons. The summed E-state index contributed by atoms with van der Waals surface area (Å²) in [6, 6.07) is 3.91. The van der Waals surface area contributed by atoms with E-state index in [9.17, 15) is 19.7 Å². The van der Waals surface area contributed by atoms with Gasteiger partial charge in [0.2, 0.25) is 0 Å². The number of nitro groups is 1. The topological polar surface area (TPSA) is 111 Å². The van der Waals surface area contributed by atoms with Gasteiger partial charge in [-0.2, -0.15) is 0 Å². The van der Waals surface area contributed by atoms with Crippen molar-refractivity contribution in [1.29, 1.82) is 0 Å². The Hall–Kier alpha value is -2.64. The molecule has 8 nitrogen and oxygen atoms in total. The van der Waals surface area contributed by atoms with Crippen LogP contribution in [0.15, 0.2) is 18.2 Å². The first-order chi connectivity index (χ1) is 9.99. The van der Waals surface area contributed by atoms with E-state index >= 15 is 0 Å². The fraction of sp³-hybridized carbons (Fsp3) is 0.385. The molecule has 0 saturated heterocycles. The normalized spacial score (nSPS) is 9.81. The Balaban J connectivity index is 2.72. The molecule has 1 rings (SSSR count). The van der Waals surface area contributed by atoms with E-state index in [4.69, 9.17) is 4.74 Å². The van der Waals surface area contributed by atoms with Crippen LogP contribution in [0.2, 0.25) is 0 Å². The monoisotopic (exact) mass is 295 g/mol. The molecule has 0 spiro atoms. The fourth-order valence-electron chi connectivity index (χ4n) is 1.55. The van der Waals surface area contributed by atoms with E-state index in [0.29, 0.717) is 6.54 Å². The van der Waals surface area contributed by atoms with Gasteiger partial charge >= 0.3 is 5.97 Å². The minimum absolute atomic E-state index is 0.0176. The number of nitrogens with one attached hydrogen (secondary N) is 2. The van der Waals surface area contributed by atoms with E-state index in [-0.39, 0.29) is 16.9 Å². The molecule has 0 bridgehead atoms. The van der Waals surface area contributed by atoms with Crippen LogP contribution in [0.25, 0.3) is 0 Å². The minimum atomic E-state index is -0.785. The van der Waals surface area contributed by atoms with Crippen molar-refractivity contribution < 1.29 is 19.2 Å². The summed E-state index contributed by atoms with van der Waals surface area (Å²) in [5.74, 6) is -1.20. The largest absolute Gasteiger partial charge is 0.452 e. The highest BCUT2D eigenvalue weighted by atomic mass is 16.6. The molecular weight excluding hydrogens is 278 g/mol. The zero-order valence-electron chi connectivity index (χ0n) is 11.8. The first-order valence-corrected chi connectivity index (χ1v) is 6.39. The number of benzene rings is 1. The molecule has 0 fully saturated rings. The molecule has 0 unspecified atom stereocenters. The molecule has 1 aromatic rings. The Kier molecular flexibility index (Phi) is 6.12. The highest BCUT2D eigenvalue weighted by Gasteiger charge is 2.18. The summed E-state index contributed by atoms with van der Waals surface area (Å²) >= 11 is 0. The molecule has 21 heavy (non-hydrogen) atoms. The van der Waals surface area contributed by atoms with E-state index in [1.54, 1.807) is 7.05 Å². The molecule has 0 aliphatic carbocycles. The average Bonchev–Trinajstić information content (AvgIpc) is 2.49. The number of anilines is 1. The Morgan fingerprint density at radius 1 is 1.38 bits per heavy atom. The van der Waals surface area contributed by atoms with Crippen LogP contribution in [-0.4, -0.2) is 37.0 Å². The van der Waals surface area contributed by atoms with E-state index < -0.39 is 23.4 Å². The zero-order valence-corrected chi connectivity index (χ0v) is 11.8. The van der Waals surface area contributed by atoms with Crippen LogP contribution >= 0.6 is 0 Å². The third-order valence-electron chi connectivity index (χ3n) is 2.61. The molecule has 0 aliphatic heterocycles. The molecule has 0 aliphatic rings. The van der Waals surface area contributed by atoms with Crippen molar-refractivity contribution in [3.05, 3.63) is 33.9 Å². The maximum Gasteiger partial charge on any atom is 0.338 e. The summed E-state index contributed by atoms with van der Waals surface area (Å²) in [4.78, 5) is 33.3. The van der Waals surface area contributed by atoms with Crippen LogP contribution in [0, 0.1) is 10.1 Å². The van der Waals surface area contributed by atoms with Crippen LogP contribution in [-0.2, 0) is 9.53 Å². The summed E-state index contributed by atoms with van der Waals surface area (Å²) in [6.45, 7) is 1.98. The number of hydrogen-bond donors (Lipinski definition) is 2.